The molecule has 4 aromatic rings. The van der Waals surface area contributed by atoms with Crippen LogP contribution in [0.4, 0.5) is 5.69 Å². The Balaban J connectivity index is 1.58. The van der Waals surface area contributed by atoms with Gasteiger partial charge in [0.25, 0.3) is 5.91 Å². The summed E-state index contributed by atoms with van der Waals surface area (Å²) in [7, 11) is 0. The van der Waals surface area contributed by atoms with E-state index >= 15 is 0 Å². The van der Waals surface area contributed by atoms with Crippen LogP contribution in [0.1, 0.15) is 11.1 Å². The second-order valence-electron chi connectivity index (χ2n) is 7.64. The van der Waals surface area contributed by atoms with Gasteiger partial charge in [-0.2, -0.15) is 5.10 Å². The average Bonchev–Trinajstić information content (AvgIpc) is 3.27. The van der Waals surface area contributed by atoms with Crippen LogP contribution in [0.15, 0.2) is 85.1 Å². The maximum absolute atomic E-state index is 11.8. The molecule has 0 fully saturated rings. The van der Waals surface area contributed by atoms with Gasteiger partial charge in [-0.15, -0.1) is 11.3 Å². The fraction of sp³-hybridized carbons (Fsp3) is 0.0800. The Labute approximate surface area is 221 Å². The smallest absolute Gasteiger partial charge is 0.262 e. The lowest BCUT2D eigenvalue weighted by atomic mass is 10.1. The molecule has 1 aromatic heterocycles. The van der Waals surface area contributed by atoms with Gasteiger partial charge in [0.15, 0.2) is 6.61 Å². The van der Waals surface area contributed by atoms with Gasteiger partial charge < -0.3 is 15.2 Å². The summed E-state index contributed by atoms with van der Waals surface area (Å²) >= 11 is 8.20. The molecule has 176 valence electrons. The Morgan fingerprint density at radius 2 is 1.89 bits per heavy atom. The number of benzene rings is 3. The second kappa shape index (κ2) is 10.2. The minimum Gasteiger partial charge on any atom is -0.506 e. The molecule has 0 unspecified atom stereocenters. The van der Waals surface area contributed by atoms with Crippen LogP contribution in [0.5, 0.6) is 11.5 Å². The number of carbonyl (C=O) groups excluding carboxylic acids is 1. The molecule has 0 saturated carbocycles. The van der Waals surface area contributed by atoms with Crippen molar-refractivity contribution in [2.75, 3.05) is 11.9 Å². The zero-order valence-electron chi connectivity index (χ0n) is 18.1. The number of phenolic OH excluding ortho intramolecular Hbond substituents is 1. The molecule has 5 rings (SSSR count). The molecular weight excluding hydrogens is 596 g/mol. The van der Waals surface area contributed by atoms with Gasteiger partial charge in [-0.1, -0.05) is 30.3 Å². The number of fused-ring (bicyclic) bond motifs is 1. The number of amides is 1. The Morgan fingerprint density at radius 1 is 1.11 bits per heavy atom. The summed E-state index contributed by atoms with van der Waals surface area (Å²) in [4.78, 5) is 17.3. The minimum absolute atomic E-state index is 0.00928. The zero-order chi connectivity index (χ0) is 24.4. The van der Waals surface area contributed by atoms with E-state index < -0.39 is 0 Å². The first-order valence-electron chi connectivity index (χ1n) is 10.5. The first-order valence-corrected chi connectivity index (χ1v) is 13.0. The van der Waals surface area contributed by atoms with Crippen molar-refractivity contribution in [3.63, 3.8) is 0 Å². The Bertz CT molecular complexity index is 1490. The largest absolute Gasteiger partial charge is 0.506 e. The lowest BCUT2D eigenvalue weighted by Gasteiger charge is -2.18. The topological polar surface area (TPSA) is 88.2 Å². The van der Waals surface area contributed by atoms with Gasteiger partial charge in [-0.05, 0) is 73.3 Å². The fourth-order valence-corrected chi connectivity index (χ4v) is 5.55. The predicted molar refractivity (Wildman–Crippen MR) is 144 cm³/mol. The molecule has 3 aromatic carbocycles. The Hall–Kier alpha value is -3.21. The minimum atomic E-state index is -0.187. The molecule has 10 heteroatoms. The first kappa shape index (κ1) is 23.5. The summed E-state index contributed by atoms with van der Waals surface area (Å²) in [5, 5.41) is 19.6. The quantitative estimate of drug-likeness (QED) is 0.281. The summed E-state index contributed by atoms with van der Waals surface area (Å²) in [5.41, 5.74) is 4.17. The highest BCUT2D eigenvalue weighted by molar-refractivity contribution is 9.11. The zero-order valence-corrected chi connectivity index (χ0v) is 22.1. The van der Waals surface area contributed by atoms with E-state index in [1.807, 2.05) is 53.9 Å². The van der Waals surface area contributed by atoms with Gasteiger partial charge in [-0.25, -0.2) is 4.68 Å². The molecule has 35 heavy (non-hydrogen) atoms. The summed E-state index contributed by atoms with van der Waals surface area (Å²) in [5.74, 6) is 0.571. The number of thiazole rings is 1. The highest BCUT2D eigenvalue weighted by Gasteiger charge is 2.18. The molecule has 0 bridgehead atoms. The third kappa shape index (κ3) is 5.24. The van der Waals surface area contributed by atoms with Crippen LogP contribution in [0, 0.1) is 0 Å². The molecule has 2 N–H and O–H groups in total. The molecule has 1 amide bonds. The van der Waals surface area contributed by atoms with Gasteiger partial charge >= 0.3 is 0 Å². The van der Waals surface area contributed by atoms with Crippen LogP contribution >= 0.6 is 43.2 Å². The Morgan fingerprint density at radius 3 is 2.66 bits per heavy atom. The van der Waals surface area contributed by atoms with Crippen LogP contribution in [-0.2, 0) is 11.3 Å². The first-order chi connectivity index (χ1) is 17.0. The Kier molecular flexibility index (Phi) is 6.85. The van der Waals surface area contributed by atoms with Gasteiger partial charge in [-0.3, -0.25) is 9.79 Å². The summed E-state index contributed by atoms with van der Waals surface area (Å²) < 4.78 is 8.38. The third-order valence-electron chi connectivity index (χ3n) is 5.19. The highest BCUT2D eigenvalue weighted by Crippen LogP contribution is 2.34. The van der Waals surface area contributed by atoms with E-state index in [0.29, 0.717) is 26.9 Å². The highest BCUT2D eigenvalue weighted by atomic mass is 79.9. The van der Waals surface area contributed by atoms with Crippen molar-refractivity contribution in [3.05, 3.63) is 90.9 Å². The summed E-state index contributed by atoms with van der Waals surface area (Å²) in [6, 6.07) is 19.2. The number of carbonyl (C=O) groups is 1. The lowest BCUT2D eigenvalue weighted by molar-refractivity contribution is -0.118. The molecule has 0 radical (unpaired) electrons. The van der Waals surface area contributed by atoms with Crippen LogP contribution in [-0.4, -0.2) is 28.5 Å². The van der Waals surface area contributed by atoms with Crippen LogP contribution in [0.2, 0.25) is 0 Å². The van der Waals surface area contributed by atoms with E-state index in [9.17, 15) is 9.90 Å². The van der Waals surface area contributed by atoms with Crippen LogP contribution in [0.25, 0.3) is 11.3 Å². The predicted octanol–water partition coefficient (Wildman–Crippen LogP) is 5.76. The van der Waals surface area contributed by atoms with Gasteiger partial charge in [0.2, 0.25) is 4.80 Å². The number of aromatic nitrogens is 1. The molecule has 0 saturated heterocycles. The molecule has 2 heterocycles. The van der Waals surface area contributed by atoms with Crippen LogP contribution < -0.4 is 14.9 Å². The average molecular weight is 614 g/mol. The van der Waals surface area contributed by atoms with Crippen molar-refractivity contribution in [1.29, 1.82) is 0 Å². The normalized spacial score (nSPS) is 13.5. The molecule has 7 nitrogen and oxygen atoms in total. The second-order valence-corrected chi connectivity index (χ2v) is 10.2. The number of hydrogen-bond acceptors (Lipinski definition) is 6. The fourth-order valence-electron chi connectivity index (χ4n) is 3.49. The molecule has 0 spiro atoms. The number of ether oxygens (including phenoxy) is 1. The van der Waals surface area contributed by atoms with Crippen molar-refractivity contribution in [2.24, 2.45) is 10.1 Å². The number of aromatic hydroxyl groups is 1. The maximum atomic E-state index is 11.8. The number of rotatable bonds is 5. The number of halogens is 2. The maximum Gasteiger partial charge on any atom is 0.262 e. The number of nitrogens with zero attached hydrogens (tertiary/aromatic N) is 3. The van der Waals surface area contributed by atoms with Crippen LogP contribution in [0.3, 0.4) is 0 Å². The van der Waals surface area contributed by atoms with E-state index in [-0.39, 0.29) is 18.3 Å². The number of phenols is 1. The summed E-state index contributed by atoms with van der Waals surface area (Å²) in [6.07, 6.45) is 1.70. The van der Waals surface area contributed by atoms with Crippen molar-refractivity contribution in [1.82, 2.24) is 4.68 Å². The standard InChI is InChI=1S/C25H18Br2N4O3S/c26-18-8-16(9-19(27)24(18)33)12-29-31-21(14-35-25(31)28-11-15-4-2-1-3-5-15)17-6-7-22-20(10-17)30-23(32)13-34-22/h1-10,12,14,33H,11,13H2,(H,30,32). The van der Waals surface area contributed by atoms with Crippen molar-refractivity contribution in [2.45, 2.75) is 6.54 Å². The lowest BCUT2D eigenvalue weighted by Crippen LogP contribution is -2.25. The molecule has 1 aliphatic rings. The van der Waals surface area contributed by atoms with Gasteiger partial charge in [0.05, 0.1) is 33.1 Å². The number of hydrogen-bond donors (Lipinski definition) is 2. The van der Waals surface area contributed by atoms with Crippen molar-refractivity contribution in [3.8, 4) is 22.8 Å². The molecular formula is C25H18Br2N4O3S. The van der Waals surface area contributed by atoms with E-state index in [0.717, 1.165) is 27.2 Å². The van der Waals surface area contributed by atoms with E-state index in [4.69, 9.17) is 14.8 Å². The van der Waals surface area contributed by atoms with E-state index in [1.165, 1.54) is 11.3 Å². The SMILES string of the molecule is O=C1COc2ccc(-c3csc(=NCc4ccccc4)n3N=Cc3cc(Br)c(O)c(Br)c3)cc2N1. The van der Waals surface area contributed by atoms with Gasteiger partial charge in [0.1, 0.15) is 11.5 Å². The van der Waals surface area contributed by atoms with E-state index in [2.05, 4.69) is 37.2 Å². The van der Waals surface area contributed by atoms with E-state index in [1.54, 1.807) is 23.0 Å². The molecule has 1 aliphatic heterocycles. The molecule has 0 aliphatic carbocycles. The summed E-state index contributed by atoms with van der Waals surface area (Å²) in [6.45, 7) is 0.524. The third-order valence-corrected chi connectivity index (χ3v) is 7.26. The van der Waals surface area contributed by atoms with Crippen molar-refractivity contribution >= 4 is 61.0 Å². The number of nitrogens with one attached hydrogen (secondary N) is 1. The monoisotopic (exact) mass is 612 g/mol. The molecule has 0 atom stereocenters. The van der Waals surface area contributed by atoms with Crippen molar-refractivity contribution < 1.29 is 14.6 Å². The van der Waals surface area contributed by atoms with Gasteiger partial charge in [0, 0.05) is 10.9 Å². The number of anilines is 1.